The zero-order chi connectivity index (χ0) is 23.6. The van der Waals surface area contributed by atoms with E-state index in [-0.39, 0.29) is 10.6 Å². The second-order valence-corrected chi connectivity index (χ2v) is 8.11. The molecule has 3 N–H and O–H groups in total. The molecular weight excluding hydrogens is 436 g/mol. The Morgan fingerprint density at radius 2 is 1.84 bits per heavy atom. The predicted molar refractivity (Wildman–Crippen MR) is 120 cm³/mol. The summed E-state index contributed by atoms with van der Waals surface area (Å²) in [7, 11) is -3.90. The molecule has 0 saturated heterocycles. The zero-order valence-electron chi connectivity index (χ0n) is 17.9. The zero-order valence-corrected chi connectivity index (χ0v) is 18.7. The molecule has 2 aromatic rings. The van der Waals surface area contributed by atoms with Gasteiger partial charge in [-0.15, -0.1) is 0 Å². The van der Waals surface area contributed by atoms with Crippen LogP contribution in [0.5, 0.6) is 11.5 Å². The highest BCUT2D eigenvalue weighted by Gasteiger charge is 2.11. The SMILES string of the molecule is CCCOc1ccc(/C=C/C(=O)OCC(=O)Nc2cccc(S(N)(=O)=O)c2)cc1OCC. The summed E-state index contributed by atoms with van der Waals surface area (Å²) in [5.74, 6) is -0.161. The molecule has 0 aliphatic carbocycles. The number of hydrogen-bond acceptors (Lipinski definition) is 7. The summed E-state index contributed by atoms with van der Waals surface area (Å²) in [5.41, 5.74) is 0.903. The van der Waals surface area contributed by atoms with Gasteiger partial charge in [-0.3, -0.25) is 4.79 Å². The summed E-state index contributed by atoms with van der Waals surface area (Å²) in [6.45, 7) is 4.35. The van der Waals surface area contributed by atoms with Crippen LogP contribution in [-0.4, -0.2) is 40.1 Å². The van der Waals surface area contributed by atoms with Crippen molar-refractivity contribution in [1.82, 2.24) is 0 Å². The molecule has 172 valence electrons. The second kappa shape index (κ2) is 11.9. The Bertz CT molecular complexity index is 1080. The molecule has 0 bridgehead atoms. The molecule has 0 spiro atoms. The molecule has 32 heavy (non-hydrogen) atoms. The lowest BCUT2D eigenvalue weighted by Crippen LogP contribution is -2.20. The van der Waals surface area contributed by atoms with E-state index in [0.29, 0.717) is 30.3 Å². The van der Waals surface area contributed by atoms with Crippen molar-refractivity contribution in [2.24, 2.45) is 5.14 Å². The van der Waals surface area contributed by atoms with Crippen molar-refractivity contribution >= 4 is 33.7 Å². The first kappa shape index (κ1) is 24.9. The van der Waals surface area contributed by atoms with E-state index in [1.165, 1.54) is 36.4 Å². The number of ether oxygens (including phenoxy) is 3. The Labute approximate surface area is 187 Å². The Balaban J connectivity index is 1.92. The van der Waals surface area contributed by atoms with Crippen LogP contribution < -0.4 is 19.9 Å². The largest absolute Gasteiger partial charge is 0.490 e. The number of esters is 1. The minimum absolute atomic E-state index is 0.146. The van der Waals surface area contributed by atoms with Gasteiger partial charge in [-0.1, -0.05) is 19.1 Å². The van der Waals surface area contributed by atoms with Gasteiger partial charge in [0, 0.05) is 11.8 Å². The van der Waals surface area contributed by atoms with Gasteiger partial charge in [-0.05, 0) is 55.3 Å². The minimum Gasteiger partial charge on any atom is -0.490 e. The van der Waals surface area contributed by atoms with Gasteiger partial charge in [-0.2, -0.15) is 0 Å². The number of anilines is 1. The molecule has 9 nitrogen and oxygen atoms in total. The van der Waals surface area contributed by atoms with Crippen molar-refractivity contribution in [1.29, 1.82) is 0 Å². The van der Waals surface area contributed by atoms with Crippen LogP contribution in [-0.2, 0) is 24.3 Å². The van der Waals surface area contributed by atoms with Crippen molar-refractivity contribution in [2.75, 3.05) is 25.1 Å². The van der Waals surface area contributed by atoms with E-state index in [4.69, 9.17) is 19.3 Å². The molecule has 0 atom stereocenters. The smallest absolute Gasteiger partial charge is 0.331 e. The number of benzene rings is 2. The first-order valence-electron chi connectivity index (χ1n) is 9.90. The van der Waals surface area contributed by atoms with Gasteiger partial charge in [0.2, 0.25) is 10.0 Å². The molecule has 0 heterocycles. The molecule has 0 fully saturated rings. The lowest BCUT2D eigenvalue weighted by molar-refractivity contribution is -0.142. The molecule has 10 heteroatoms. The number of amides is 1. The maximum Gasteiger partial charge on any atom is 0.331 e. The predicted octanol–water partition coefficient (Wildman–Crippen LogP) is 2.72. The lowest BCUT2D eigenvalue weighted by Gasteiger charge is -2.12. The normalized spacial score (nSPS) is 11.2. The molecule has 0 unspecified atom stereocenters. The summed E-state index contributed by atoms with van der Waals surface area (Å²) in [5, 5.41) is 7.50. The summed E-state index contributed by atoms with van der Waals surface area (Å²) in [4.78, 5) is 23.8. The van der Waals surface area contributed by atoms with Crippen molar-refractivity contribution in [3.05, 3.63) is 54.1 Å². The average molecular weight is 463 g/mol. The van der Waals surface area contributed by atoms with Gasteiger partial charge in [0.05, 0.1) is 18.1 Å². The highest BCUT2D eigenvalue weighted by molar-refractivity contribution is 7.89. The molecule has 0 saturated carbocycles. The molecule has 0 aliphatic rings. The molecule has 0 aliphatic heterocycles. The Hall–Kier alpha value is -3.37. The maximum absolute atomic E-state index is 12.0. The topological polar surface area (TPSA) is 134 Å². The summed E-state index contributed by atoms with van der Waals surface area (Å²) in [6.07, 6.45) is 3.58. The number of carbonyl (C=O) groups excluding carboxylic acids is 2. The van der Waals surface area contributed by atoms with Crippen LogP contribution in [0.4, 0.5) is 5.69 Å². The Morgan fingerprint density at radius 1 is 1.06 bits per heavy atom. The van der Waals surface area contributed by atoms with E-state index < -0.39 is 28.5 Å². The second-order valence-electron chi connectivity index (χ2n) is 6.55. The van der Waals surface area contributed by atoms with Crippen LogP contribution in [0.15, 0.2) is 53.4 Å². The Morgan fingerprint density at radius 3 is 2.53 bits per heavy atom. The fourth-order valence-electron chi connectivity index (χ4n) is 2.52. The minimum atomic E-state index is -3.90. The van der Waals surface area contributed by atoms with Crippen molar-refractivity contribution < 1.29 is 32.2 Å². The van der Waals surface area contributed by atoms with Crippen LogP contribution in [0.2, 0.25) is 0 Å². The van der Waals surface area contributed by atoms with E-state index in [1.807, 2.05) is 13.8 Å². The number of nitrogens with one attached hydrogen (secondary N) is 1. The van der Waals surface area contributed by atoms with Gasteiger partial charge >= 0.3 is 5.97 Å². The standard InChI is InChI=1S/C22H26N2O7S/c1-3-12-30-19-10-8-16(13-20(19)29-4-2)9-11-22(26)31-15-21(25)24-17-6-5-7-18(14-17)32(23,27)28/h5-11,13-14H,3-4,12,15H2,1-2H3,(H,24,25)(H2,23,27,28)/b11-9+. The number of carbonyl (C=O) groups is 2. The highest BCUT2D eigenvalue weighted by atomic mass is 32.2. The van der Waals surface area contributed by atoms with E-state index in [1.54, 1.807) is 18.2 Å². The van der Waals surface area contributed by atoms with E-state index >= 15 is 0 Å². The van der Waals surface area contributed by atoms with E-state index in [0.717, 1.165) is 6.42 Å². The van der Waals surface area contributed by atoms with Crippen LogP contribution in [0, 0.1) is 0 Å². The third-order valence-corrected chi connectivity index (χ3v) is 4.84. The van der Waals surface area contributed by atoms with Crippen molar-refractivity contribution in [2.45, 2.75) is 25.2 Å². The molecule has 1 amide bonds. The fourth-order valence-corrected chi connectivity index (χ4v) is 3.08. The van der Waals surface area contributed by atoms with Gasteiger partial charge in [0.15, 0.2) is 18.1 Å². The lowest BCUT2D eigenvalue weighted by atomic mass is 10.2. The number of rotatable bonds is 11. The summed E-state index contributed by atoms with van der Waals surface area (Å²) >= 11 is 0. The van der Waals surface area contributed by atoms with E-state index in [9.17, 15) is 18.0 Å². The average Bonchev–Trinajstić information content (AvgIpc) is 2.75. The molecule has 0 radical (unpaired) electrons. The van der Waals surface area contributed by atoms with Gasteiger partial charge in [-0.25, -0.2) is 18.4 Å². The van der Waals surface area contributed by atoms with Crippen LogP contribution in [0.25, 0.3) is 6.08 Å². The van der Waals surface area contributed by atoms with Gasteiger partial charge in [0.1, 0.15) is 0 Å². The number of hydrogen-bond donors (Lipinski definition) is 2. The molecule has 2 rings (SSSR count). The fraction of sp³-hybridized carbons (Fsp3) is 0.273. The van der Waals surface area contributed by atoms with Crippen molar-refractivity contribution in [3.8, 4) is 11.5 Å². The first-order chi connectivity index (χ1) is 15.2. The number of primary sulfonamides is 1. The van der Waals surface area contributed by atoms with E-state index in [2.05, 4.69) is 5.32 Å². The highest BCUT2D eigenvalue weighted by Crippen LogP contribution is 2.29. The van der Waals surface area contributed by atoms with Gasteiger partial charge in [0.25, 0.3) is 5.91 Å². The third-order valence-electron chi connectivity index (χ3n) is 3.93. The monoisotopic (exact) mass is 462 g/mol. The first-order valence-corrected chi connectivity index (χ1v) is 11.4. The quantitative estimate of drug-likeness (QED) is 0.387. The third kappa shape index (κ3) is 8.05. The van der Waals surface area contributed by atoms with Crippen molar-refractivity contribution in [3.63, 3.8) is 0 Å². The van der Waals surface area contributed by atoms with Crippen LogP contribution in [0.1, 0.15) is 25.8 Å². The number of sulfonamides is 1. The van der Waals surface area contributed by atoms with Gasteiger partial charge < -0.3 is 19.5 Å². The summed E-state index contributed by atoms with van der Waals surface area (Å²) in [6, 6.07) is 10.7. The Kier molecular flexibility index (Phi) is 9.23. The number of nitrogens with two attached hydrogens (primary N) is 1. The molecule has 0 aromatic heterocycles. The molecule has 2 aromatic carbocycles. The van der Waals surface area contributed by atoms with Crippen LogP contribution >= 0.6 is 0 Å². The van der Waals surface area contributed by atoms with Crippen LogP contribution in [0.3, 0.4) is 0 Å². The maximum atomic E-state index is 12.0. The summed E-state index contributed by atoms with van der Waals surface area (Å²) < 4.78 is 38.9. The molecular formula is C22H26N2O7S.